The van der Waals surface area contributed by atoms with Gasteiger partial charge in [-0.05, 0) is 22.9 Å². The molecule has 0 saturated heterocycles. The fourth-order valence-corrected chi connectivity index (χ4v) is 2.57. The van der Waals surface area contributed by atoms with Crippen LogP contribution >= 0.6 is 22.7 Å². The second-order valence-corrected chi connectivity index (χ2v) is 5.40. The van der Waals surface area contributed by atoms with Crippen LogP contribution in [0.2, 0.25) is 0 Å². The maximum atomic E-state index is 5.46. The zero-order valence-electron chi connectivity index (χ0n) is 11.2. The van der Waals surface area contributed by atoms with Crippen LogP contribution in [0.25, 0.3) is 0 Å². The molecule has 0 aliphatic rings. The topological polar surface area (TPSA) is 36.9 Å². The molecule has 0 saturated carbocycles. The summed E-state index contributed by atoms with van der Waals surface area (Å²) in [6.45, 7) is 3.43. The average molecular weight is 314 g/mol. The van der Waals surface area contributed by atoms with E-state index in [1.807, 2.05) is 33.7 Å². The van der Waals surface area contributed by atoms with Crippen molar-refractivity contribution in [1.82, 2.24) is 0 Å². The molecule has 0 bridgehead atoms. The molecule has 0 unspecified atom stereocenters. The highest BCUT2D eigenvalue weighted by molar-refractivity contribution is 7.08. The van der Waals surface area contributed by atoms with Gasteiger partial charge in [-0.2, -0.15) is 0 Å². The van der Waals surface area contributed by atoms with E-state index in [2.05, 4.69) is 0 Å². The van der Waals surface area contributed by atoms with Gasteiger partial charge < -0.3 is 18.9 Å². The van der Waals surface area contributed by atoms with Gasteiger partial charge in [-0.25, -0.2) is 0 Å². The van der Waals surface area contributed by atoms with E-state index < -0.39 is 0 Å². The molecule has 0 N–H and O–H groups in total. The minimum atomic E-state index is 0.567. The van der Waals surface area contributed by atoms with Crippen molar-refractivity contribution in [3.8, 4) is 11.5 Å². The quantitative estimate of drug-likeness (QED) is 0.596. The Morgan fingerprint density at radius 1 is 0.650 bits per heavy atom. The molecule has 0 atom stereocenters. The molecule has 0 fully saturated rings. The van der Waals surface area contributed by atoms with Gasteiger partial charge in [-0.1, -0.05) is 0 Å². The second kappa shape index (κ2) is 9.77. The number of hydrogen-bond acceptors (Lipinski definition) is 6. The molecule has 4 nitrogen and oxygen atoms in total. The van der Waals surface area contributed by atoms with E-state index in [-0.39, 0.29) is 0 Å². The zero-order valence-corrected chi connectivity index (χ0v) is 12.8. The van der Waals surface area contributed by atoms with Crippen molar-refractivity contribution >= 4 is 22.7 Å². The van der Waals surface area contributed by atoms with Crippen LogP contribution in [-0.4, -0.2) is 39.6 Å². The highest BCUT2D eigenvalue weighted by Gasteiger charge is 1.95. The first-order chi connectivity index (χ1) is 9.95. The second-order valence-electron chi connectivity index (χ2n) is 3.84. The van der Waals surface area contributed by atoms with E-state index in [1.165, 1.54) is 0 Å². The third-order valence-corrected chi connectivity index (χ3v) is 3.68. The fourth-order valence-electron chi connectivity index (χ4n) is 1.43. The first-order valence-corrected chi connectivity index (χ1v) is 8.29. The van der Waals surface area contributed by atoms with E-state index in [0.29, 0.717) is 39.6 Å². The molecular weight excluding hydrogens is 296 g/mol. The van der Waals surface area contributed by atoms with Crippen LogP contribution in [0.15, 0.2) is 33.7 Å². The molecule has 2 aromatic rings. The van der Waals surface area contributed by atoms with Crippen LogP contribution in [-0.2, 0) is 9.47 Å². The lowest BCUT2D eigenvalue weighted by Gasteiger charge is -2.07. The zero-order chi connectivity index (χ0) is 13.9. The summed E-state index contributed by atoms with van der Waals surface area (Å²) in [6, 6.07) is 3.89. The highest BCUT2D eigenvalue weighted by Crippen LogP contribution is 2.14. The predicted molar refractivity (Wildman–Crippen MR) is 81.3 cm³/mol. The summed E-state index contributed by atoms with van der Waals surface area (Å²) < 4.78 is 21.7. The molecule has 0 aliphatic heterocycles. The van der Waals surface area contributed by atoms with E-state index in [9.17, 15) is 0 Å². The summed E-state index contributed by atoms with van der Waals surface area (Å²) in [5.74, 6) is 1.81. The summed E-state index contributed by atoms with van der Waals surface area (Å²) in [5, 5.41) is 7.91. The maximum Gasteiger partial charge on any atom is 0.130 e. The Morgan fingerprint density at radius 2 is 1.10 bits per heavy atom. The number of rotatable bonds is 11. The van der Waals surface area contributed by atoms with Gasteiger partial charge in [0.2, 0.25) is 0 Å². The molecule has 0 radical (unpaired) electrons. The van der Waals surface area contributed by atoms with Gasteiger partial charge in [-0.3, -0.25) is 0 Å². The lowest BCUT2D eigenvalue weighted by molar-refractivity contribution is 0.0274. The maximum absolute atomic E-state index is 5.46. The summed E-state index contributed by atoms with van der Waals surface area (Å²) in [7, 11) is 0. The molecule has 110 valence electrons. The molecule has 2 aromatic heterocycles. The Balaban J connectivity index is 1.33. The van der Waals surface area contributed by atoms with Crippen molar-refractivity contribution in [3.05, 3.63) is 33.7 Å². The normalized spacial score (nSPS) is 10.6. The molecule has 0 aliphatic carbocycles. The van der Waals surface area contributed by atoms with Crippen LogP contribution < -0.4 is 9.47 Å². The lowest BCUT2D eigenvalue weighted by Crippen LogP contribution is -2.13. The predicted octanol–water partition coefficient (Wildman–Crippen LogP) is 3.30. The molecule has 0 spiro atoms. The van der Waals surface area contributed by atoms with Gasteiger partial charge in [0.1, 0.15) is 24.7 Å². The van der Waals surface area contributed by atoms with Crippen molar-refractivity contribution in [2.45, 2.75) is 0 Å². The van der Waals surface area contributed by atoms with E-state index in [1.54, 1.807) is 22.7 Å². The Morgan fingerprint density at radius 3 is 1.50 bits per heavy atom. The van der Waals surface area contributed by atoms with Crippen LogP contribution in [0.5, 0.6) is 11.5 Å². The van der Waals surface area contributed by atoms with Gasteiger partial charge in [0.15, 0.2) is 0 Å². The van der Waals surface area contributed by atoms with Crippen LogP contribution in [0.1, 0.15) is 0 Å². The molecular formula is C14H18O4S2. The molecule has 2 heterocycles. The Bertz CT molecular complexity index is 386. The Hall–Kier alpha value is -1.08. The number of ether oxygens (including phenoxy) is 4. The standard InChI is InChI=1S/C14H18O4S2/c1-9-19-11-13(1)17-7-5-15-3-4-16-6-8-18-14-2-10-20-12-14/h1-2,9-12H,3-8H2. The SMILES string of the molecule is c1cc(OCCOCCOCCOc2ccsc2)cs1. The third-order valence-electron chi connectivity index (χ3n) is 2.35. The monoisotopic (exact) mass is 314 g/mol. The van der Waals surface area contributed by atoms with Crippen molar-refractivity contribution in [1.29, 1.82) is 0 Å². The molecule has 0 amide bonds. The minimum absolute atomic E-state index is 0.567. The summed E-state index contributed by atoms with van der Waals surface area (Å²) >= 11 is 3.24. The van der Waals surface area contributed by atoms with Gasteiger partial charge in [0.25, 0.3) is 0 Å². The van der Waals surface area contributed by atoms with Crippen LogP contribution in [0.4, 0.5) is 0 Å². The molecule has 2 rings (SSSR count). The van der Waals surface area contributed by atoms with Gasteiger partial charge >= 0.3 is 0 Å². The molecule has 20 heavy (non-hydrogen) atoms. The van der Waals surface area contributed by atoms with Crippen LogP contribution in [0, 0.1) is 0 Å². The van der Waals surface area contributed by atoms with E-state index >= 15 is 0 Å². The summed E-state index contributed by atoms with van der Waals surface area (Å²) in [5.41, 5.74) is 0. The number of hydrogen-bond donors (Lipinski definition) is 0. The van der Waals surface area contributed by atoms with Crippen LogP contribution in [0.3, 0.4) is 0 Å². The first-order valence-electron chi connectivity index (χ1n) is 6.40. The smallest absolute Gasteiger partial charge is 0.130 e. The van der Waals surface area contributed by atoms with Crippen molar-refractivity contribution in [2.24, 2.45) is 0 Å². The van der Waals surface area contributed by atoms with Crippen molar-refractivity contribution < 1.29 is 18.9 Å². The van der Waals surface area contributed by atoms with Gasteiger partial charge in [0.05, 0.1) is 26.4 Å². The van der Waals surface area contributed by atoms with E-state index in [4.69, 9.17) is 18.9 Å². The molecule has 6 heteroatoms. The summed E-state index contributed by atoms with van der Waals surface area (Å²) in [4.78, 5) is 0. The number of thiophene rings is 2. The van der Waals surface area contributed by atoms with Gasteiger partial charge in [0, 0.05) is 10.8 Å². The lowest BCUT2D eigenvalue weighted by atomic mass is 10.6. The Kier molecular flexibility index (Phi) is 7.48. The largest absolute Gasteiger partial charge is 0.490 e. The van der Waals surface area contributed by atoms with Crippen molar-refractivity contribution in [2.75, 3.05) is 39.6 Å². The van der Waals surface area contributed by atoms with E-state index in [0.717, 1.165) is 11.5 Å². The fraction of sp³-hybridized carbons (Fsp3) is 0.429. The van der Waals surface area contributed by atoms with Crippen molar-refractivity contribution in [3.63, 3.8) is 0 Å². The minimum Gasteiger partial charge on any atom is -0.490 e. The molecule has 0 aromatic carbocycles. The summed E-state index contributed by atoms with van der Waals surface area (Å²) in [6.07, 6.45) is 0. The third kappa shape index (κ3) is 6.38. The first kappa shape index (κ1) is 15.3. The average Bonchev–Trinajstić information content (AvgIpc) is 3.14. The highest BCUT2D eigenvalue weighted by atomic mass is 32.1. The van der Waals surface area contributed by atoms with Gasteiger partial charge in [-0.15, -0.1) is 22.7 Å². The Labute approximate surface area is 126 Å².